The summed E-state index contributed by atoms with van der Waals surface area (Å²) in [6.07, 6.45) is 0.323. The van der Waals surface area contributed by atoms with E-state index in [1.54, 1.807) is 6.92 Å². The van der Waals surface area contributed by atoms with Gasteiger partial charge in [-0.15, -0.1) is 0 Å². The van der Waals surface area contributed by atoms with Crippen LogP contribution in [0.15, 0.2) is 0 Å². The zero-order chi connectivity index (χ0) is 11.9. The Kier molecular flexibility index (Phi) is 6.83. The van der Waals surface area contributed by atoms with Crippen LogP contribution in [0.5, 0.6) is 0 Å². The lowest BCUT2D eigenvalue weighted by Gasteiger charge is -2.19. The van der Waals surface area contributed by atoms with Crippen LogP contribution in [-0.2, 0) is 9.59 Å². The molecule has 0 amide bonds. The van der Waals surface area contributed by atoms with Gasteiger partial charge in [0.15, 0.2) is 0 Å². The zero-order valence-corrected chi connectivity index (χ0v) is 7.41. The summed E-state index contributed by atoms with van der Waals surface area (Å²) >= 11 is 0. The summed E-state index contributed by atoms with van der Waals surface area (Å²) in [6, 6.07) is -0.984. The van der Waals surface area contributed by atoms with E-state index in [2.05, 4.69) is 0 Å². The maximum absolute atomic E-state index is 9.10. The normalized spacial score (nSPS) is 12.4. The first-order chi connectivity index (χ1) is 6.12. The molecule has 8 heteroatoms. The van der Waals surface area contributed by atoms with Gasteiger partial charge in [0.2, 0.25) is 0 Å². The lowest BCUT2D eigenvalue weighted by Crippen LogP contribution is -2.47. The third kappa shape index (κ3) is 8.87. The number of carboxylic acid groups (broad SMARTS) is 2. The van der Waals surface area contributed by atoms with Crippen molar-refractivity contribution in [1.29, 1.82) is 0 Å². The molecular weight excluding hydrogens is 198 g/mol. The second-order valence-electron chi connectivity index (χ2n) is 2.31. The number of hydrogen-bond acceptors (Lipinski definition) is 6. The standard InChI is InChI=1S/C4H11NO3.C2H2O4/c1-2-3(5)4(6,7)8;3-1(4)2(5)6/h3,6-8H,2,5H2,1H3;(H,3,4)(H,5,6). The molecule has 0 aliphatic rings. The smallest absolute Gasteiger partial charge is 0.414 e. The average molecular weight is 211 g/mol. The highest BCUT2D eigenvalue weighted by Crippen LogP contribution is 2.00. The fourth-order valence-corrected chi connectivity index (χ4v) is 0.274. The quantitative estimate of drug-likeness (QED) is 0.216. The summed E-state index contributed by atoms with van der Waals surface area (Å²) in [5.41, 5.74) is 5.00. The van der Waals surface area contributed by atoms with Crippen LogP contribution < -0.4 is 5.73 Å². The van der Waals surface area contributed by atoms with E-state index in [0.717, 1.165) is 0 Å². The van der Waals surface area contributed by atoms with Gasteiger partial charge in [-0.2, -0.15) is 0 Å². The summed E-state index contributed by atoms with van der Waals surface area (Å²) in [6.45, 7) is 1.64. The first-order valence-corrected chi connectivity index (χ1v) is 3.51. The van der Waals surface area contributed by atoms with Crippen LogP contribution in [0.1, 0.15) is 13.3 Å². The molecule has 0 saturated carbocycles. The molecule has 0 fully saturated rings. The first-order valence-electron chi connectivity index (χ1n) is 3.51. The van der Waals surface area contributed by atoms with E-state index in [4.69, 9.17) is 40.9 Å². The van der Waals surface area contributed by atoms with Crippen molar-refractivity contribution in [3.63, 3.8) is 0 Å². The molecule has 8 nitrogen and oxygen atoms in total. The molecule has 0 aromatic rings. The molecule has 7 N–H and O–H groups in total. The minimum atomic E-state index is -2.71. The third-order valence-electron chi connectivity index (χ3n) is 1.12. The number of carboxylic acids is 2. The second-order valence-corrected chi connectivity index (χ2v) is 2.31. The van der Waals surface area contributed by atoms with E-state index >= 15 is 0 Å². The van der Waals surface area contributed by atoms with Crippen molar-refractivity contribution < 1.29 is 35.1 Å². The van der Waals surface area contributed by atoms with E-state index in [9.17, 15) is 0 Å². The maximum Gasteiger partial charge on any atom is 0.414 e. The summed E-state index contributed by atoms with van der Waals surface area (Å²) < 4.78 is 0. The largest absolute Gasteiger partial charge is 0.473 e. The van der Waals surface area contributed by atoms with Gasteiger partial charge in [-0.3, -0.25) is 0 Å². The highest BCUT2D eigenvalue weighted by molar-refractivity contribution is 6.27. The Morgan fingerprint density at radius 2 is 1.50 bits per heavy atom. The molecule has 0 bridgehead atoms. The number of aliphatic hydroxyl groups is 3. The van der Waals surface area contributed by atoms with Gasteiger partial charge in [0, 0.05) is 0 Å². The van der Waals surface area contributed by atoms with Crippen LogP contribution in [0.25, 0.3) is 0 Å². The Morgan fingerprint density at radius 1 is 1.21 bits per heavy atom. The van der Waals surface area contributed by atoms with Crippen LogP contribution in [0.4, 0.5) is 0 Å². The van der Waals surface area contributed by atoms with Crippen molar-refractivity contribution in [2.75, 3.05) is 0 Å². The van der Waals surface area contributed by atoms with E-state index in [1.807, 2.05) is 0 Å². The molecule has 1 unspecified atom stereocenters. The van der Waals surface area contributed by atoms with Crippen LogP contribution in [0.3, 0.4) is 0 Å². The van der Waals surface area contributed by atoms with Crippen LogP contribution in [0, 0.1) is 0 Å². The molecule has 0 aromatic carbocycles. The highest BCUT2D eigenvalue weighted by atomic mass is 16.7. The summed E-state index contributed by atoms with van der Waals surface area (Å²) in [4.78, 5) is 18.2. The average Bonchev–Trinajstić information content (AvgIpc) is 2.02. The molecule has 0 saturated heterocycles. The number of rotatable bonds is 2. The van der Waals surface area contributed by atoms with Crippen molar-refractivity contribution in [2.24, 2.45) is 5.73 Å². The monoisotopic (exact) mass is 211 g/mol. The van der Waals surface area contributed by atoms with E-state index < -0.39 is 24.0 Å². The third-order valence-corrected chi connectivity index (χ3v) is 1.12. The molecule has 0 aromatic heterocycles. The molecule has 84 valence electrons. The van der Waals surface area contributed by atoms with Crippen molar-refractivity contribution in [1.82, 2.24) is 0 Å². The number of aliphatic carboxylic acids is 2. The molecule has 1 atom stereocenters. The predicted molar refractivity (Wildman–Crippen MR) is 42.9 cm³/mol. The Bertz CT molecular complexity index is 185. The second kappa shape index (κ2) is 6.27. The van der Waals surface area contributed by atoms with Crippen molar-refractivity contribution in [2.45, 2.75) is 25.4 Å². The number of carbonyl (C=O) groups is 2. The van der Waals surface area contributed by atoms with Crippen molar-refractivity contribution in [3.8, 4) is 0 Å². The molecule has 0 aliphatic heterocycles. The highest BCUT2D eigenvalue weighted by Gasteiger charge is 2.26. The molecule has 0 rings (SSSR count). The fourth-order valence-electron chi connectivity index (χ4n) is 0.274. The molecule has 0 spiro atoms. The Morgan fingerprint density at radius 3 is 1.50 bits per heavy atom. The van der Waals surface area contributed by atoms with Gasteiger partial charge in [-0.05, 0) is 6.42 Å². The minimum absolute atomic E-state index is 0.323. The Balaban J connectivity index is 0. The zero-order valence-electron chi connectivity index (χ0n) is 7.41. The molecule has 14 heavy (non-hydrogen) atoms. The molecule has 0 aliphatic carbocycles. The topological polar surface area (TPSA) is 161 Å². The molecular formula is C6H13NO7. The summed E-state index contributed by atoms with van der Waals surface area (Å²) in [5.74, 6) is -6.36. The predicted octanol–water partition coefficient (Wildman–Crippen LogP) is -2.49. The maximum atomic E-state index is 9.10. The molecule has 0 radical (unpaired) electrons. The minimum Gasteiger partial charge on any atom is -0.473 e. The van der Waals surface area contributed by atoms with Gasteiger partial charge in [-0.25, -0.2) is 9.59 Å². The van der Waals surface area contributed by atoms with Gasteiger partial charge < -0.3 is 31.3 Å². The van der Waals surface area contributed by atoms with Gasteiger partial charge in [0.1, 0.15) is 0 Å². The number of hydrogen-bond donors (Lipinski definition) is 6. The van der Waals surface area contributed by atoms with Crippen LogP contribution in [-0.4, -0.2) is 49.5 Å². The van der Waals surface area contributed by atoms with E-state index in [-0.39, 0.29) is 0 Å². The number of nitrogens with two attached hydrogens (primary N) is 1. The Labute approximate surface area is 79.2 Å². The SMILES string of the molecule is CCC(N)C(O)(O)O.O=C(O)C(=O)O. The fraction of sp³-hybridized carbons (Fsp3) is 0.667. The van der Waals surface area contributed by atoms with Crippen molar-refractivity contribution >= 4 is 11.9 Å². The lowest BCUT2D eigenvalue weighted by atomic mass is 10.2. The van der Waals surface area contributed by atoms with Crippen LogP contribution >= 0.6 is 0 Å². The van der Waals surface area contributed by atoms with E-state index in [1.165, 1.54) is 0 Å². The lowest BCUT2D eigenvalue weighted by molar-refractivity contribution is -0.322. The van der Waals surface area contributed by atoms with Crippen molar-refractivity contribution in [3.05, 3.63) is 0 Å². The molecule has 0 heterocycles. The van der Waals surface area contributed by atoms with Gasteiger partial charge >= 0.3 is 11.9 Å². The summed E-state index contributed by atoms with van der Waals surface area (Å²) in [7, 11) is 0. The van der Waals surface area contributed by atoms with E-state index in [0.29, 0.717) is 6.42 Å². The van der Waals surface area contributed by atoms with Gasteiger partial charge in [-0.1, -0.05) is 6.92 Å². The van der Waals surface area contributed by atoms with Gasteiger partial charge in [0.25, 0.3) is 5.97 Å². The van der Waals surface area contributed by atoms with Crippen LogP contribution in [0.2, 0.25) is 0 Å². The Hall–Kier alpha value is -1.22. The first kappa shape index (κ1) is 15.3. The van der Waals surface area contributed by atoms with Gasteiger partial charge in [0.05, 0.1) is 6.04 Å². The summed E-state index contributed by atoms with van der Waals surface area (Å²) in [5, 5.41) is 39.6.